The highest BCUT2D eigenvalue weighted by atomic mass is 32.2. The smallest absolute Gasteiger partial charge is 0.330 e. The third-order valence-corrected chi connectivity index (χ3v) is 6.09. The molecule has 3 N–H and O–H groups in total. The lowest BCUT2D eigenvalue weighted by Crippen LogP contribution is -2.39. The van der Waals surface area contributed by atoms with Gasteiger partial charge in [0.15, 0.2) is 0 Å². The Morgan fingerprint density at radius 2 is 1.84 bits per heavy atom. The maximum Gasteiger partial charge on any atom is 0.330 e. The predicted molar refractivity (Wildman–Crippen MR) is 146 cm³/mol. The Kier molecular flexibility index (Phi) is 13.2. The fourth-order valence-corrected chi connectivity index (χ4v) is 3.99. The van der Waals surface area contributed by atoms with Crippen LogP contribution in [-0.2, 0) is 25.7 Å². The summed E-state index contributed by atoms with van der Waals surface area (Å²) in [7, 11) is 0. The van der Waals surface area contributed by atoms with E-state index in [1.54, 1.807) is 19.1 Å². The van der Waals surface area contributed by atoms with Crippen LogP contribution >= 0.6 is 11.9 Å². The van der Waals surface area contributed by atoms with Crippen molar-refractivity contribution in [3.63, 3.8) is 0 Å². The molecule has 2 amide bonds. The highest BCUT2D eigenvalue weighted by Gasteiger charge is 2.20. The standard InChI is InChI=1S/C27H36N4O5S/c1-4-36-25(33)15-9-8-13-22(30-37-21-11-6-5-7-12-21)26(34)29-23-14-10-18-31(27(23)35)19-24(32)28-17-16-20(2)3/h5-7,9-12,14-15,18,20,22,30H,4,8,13,16-17,19H2,1-3H3,(H,28,32)(H,29,34)/b15-9+/t22-/m0/s1. The summed E-state index contributed by atoms with van der Waals surface area (Å²) in [5, 5.41) is 5.50. The number of carbonyl (C=O) groups is 3. The molecule has 0 spiro atoms. The largest absolute Gasteiger partial charge is 0.463 e. The van der Waals surface area contributed by atoms with Gasteiger partial charge in [0.25, 0.3) is 5.56 Å². The lowest BCUT2D eigenvalue weighted by atomic mass is 10.1. The molecular weight excluding hydrogens is 492 g/mol. The Labute approximate surface area is 222 Å². The van der Waals surface area contributed by atoms with Gasteiger partial charge >= 0.3 is 5.97 Å². The van der Waals surface area contributed by atoms with Crippen molar-refractivity contribution in [1.82, 2.24) is 14.6 Å². The van der Waals surface area contributed by atoms with Crippen molar-refractivity contribution in [1.29, 1.82) is 0 Å². The number of pyridine rings is 1. The first-order valence-corrected chi connectivity index (χ1v) is 13.2. The Balaban J connectivity index is 2.06. The van der Waals surface area contributed by atoms with Gasteiger partial charge in [0.05, 0.1) is 12.6 Å². The lowest BCUT2D eigenvalue weighted by Gasteiger charge is -2.17. The van der Waals surface area contributed by atoms with Crippen LogP contribution in [0.3, 0.4) is 0 Å². The van der Waals surface area contributed by atoms with Gasteiger partial charge in [0.2, 0.25) is 11.8 Å². The maximum atomic E-state index is 13.1. The molecule has 0 aliphatic carbocycles. The van der Waals surface area contributed by atoms with Gasteiger partial charge in [-0.05, 0) is 68.3 Å². The monoisotopic (exact) mass is 528 g/mol. The second kappa shape index (κ2) is 16.4. The maximum absolute atomic E-state index is 13.1. The SMILES string of the molecule is CCOC(=O)/C=C/CC[C@H](NSc1ccccc1)C(=O)Nc1cccn(CC(=O)NCCC(C)C)c1=O. The third kappa shape index (κ3) is 11.5. The highest BCUT2D eigenvalue weighted by Crippen LogP contribution is 2.16. The van der Waals surface area contributed by atoms with Crippen molar-refractivity contribution in [2.24, 2.45) is 5.92 Å². The summed E-state index contributed by atoms with van der Waals surface area (Å²) in [6, 6.07) is 12.0. The number of nitrogens with zero attached hydrogens (tertiary/aromatic N) is 1. The molecule has 0 saturated carbocycles. The molecule has 1 aromatic carbocycles. The van der Waals surface area contributed by atoms with Crippen LogP contribution in [-0.4, -0.2) is 41.5 Å². The summed E-state index contributed by atoms with van der Waals surface area (Å²) < 4.78 is 9.29. The van der Waals surface area contributed by atoms with Crippen molar-refractivity contribution in [2.45, 2.75) is 57.5 Å². The van der Waals surface area contributed by atoms with E-state index >= 15 is 0 Å². The molecule has 0 unspecified atom stereocenters. The van der Waals surface area contributed by atoms with Gasteiger partial charge in [-0.15, -0.1) is 0 Å². The van der Waals surface area contributed by atoms with Gasteiger partial charge in [0, 0.05) is 23.7 Å². The van der Waals surface area contributed by atoms with Crippen LogP contribution in [0.1, 0.15) is 40.0 Å². The molecule has 0 saturated heterocycles. The number of nitrogens with one attached hydrogen (secondary N) is 3. The first-order valence-electron chi connectivity index (χ1n) is 12.4. The Hall–Kier alpha value is -3.37. The van der Waals surface area contributed by atoms with Gasteiger partial charge < -0.3 is 19.9 Å². The van der Waals surface area contributed by atoms with Crippen molar-refractivity contribution >= 4 is 35.4 Å². The average Bonchev–Trinajstić information content (AvgIpc) is 2.86. The second-order valence-corrected chi connectivity index (χ2v) is 9.61. The van der Waals surface area contributed by atoms with E-state index in [0.29, 0.717) is 25.3 Å². The molecular formula is C27H36N4O5S. The van der Waals surface area contributed by atoms with Crippen LogP contribution in [0.5, 0.6) is 0 Å². The molecule has 0 bridgehead atoms. The van der Waals surface area contributed by atoms with Crippen LogP contribution in [0.2, 0.25) is 0 Å². The Morgan fingerprint density at radius 3 is 2.54 bits per heavy atom. The number of rotatable bonds is 15. The number of esters is 1. The van der Waals surface area contributed by atoms with Crippen LogP contribution in [0, 0.1) is 5.92 Å². The van der Waals surface area contributed by atoms with Crippen molar-refractivity contribution < 1.29 is 19.1 Å². The zero-order valence-corrected chi connectivity index (χ0v) is 22.4. The van der Waals surface area contributed by atoms with E-state index in [1.165, 1.54) is 34.9 Å². The van der Waals surface area contributed by atoms with Crippen LogP contribution in [0.4, 0.5) is 5.69 Å². The molecule has 1 aromatic heterocycles. The topological polar surface area (TPSA) is 119 Å². The number of amides is 2. The van der Waals surface area contributed by atoms with E-state index in [2.05, 4.69) is 29.2 Å². The normalized spacial score (nSPS) is 11.9. The number of ether oxygens (including phenoxy) is 1. The number of hydrogen-bond donors (Lipinski definition) is 3. The molecule has 200 valence electrons. The molecule has 1 heterocycles. The molecule has 37 heavy (non-hydrogen) atoms. The van der Waals surface area contributed by atoms with Crippen molar-refractivity contribution in [3.8, 4) is 0 Å². The fraction of sp³-hybridized carbons (Fsp3) is 0.407. The summed E-state index contributed by atoms with van der Waals surface area (Å²) in [5.41, 5.74) is -0.382. The summed E-state index contributed by atoms with van der Waals surface area (Å²) >= 11 is 1.30. The Morgan fingerprint density at radius 1 is 1.08 bits per heavy atom. The van der Waals surface area contributed by atoms with Gasteiger partial charge in [-0.1, -0.05) is 38.1 Å². The minimum Gasteiger partial charge on any atom is -0.463 e. The van der Waals surface area contributed by atoms with E-state index in [0.717, 1.165) is 11.3 Å². The molecule has 1 atom stereocenters. The quantitative estimate of drug-likeness (QED) is 0.184. The summed E-state index contributed by atoms with van der Waals surface area (Å²) in [4.78, 5) is 50.7. The lowest BCUT2D eigenvalue weighted by molar-refractivity contribution is -0.137. The number of allylic oxidation sites excluding steroid dienone is 1. The van der Waals surface area contributed by atoms with E-state index in [9.17, 15) is 19.2 Å². The number of hydrogen-bond acceptors (Lipinski definition) is 7. The number of anilines is 1. The zero-order chi connectivity index (χ0) is 27.0. The van der Waals surface area contributed by atoms with Crippen LogP contribution < -0.4 is 20.9 Å². The van der Waals surface area contributed by atoms with Crippen LogP contribution in [0.15, 0.2) is 70.5 Å². The summed E-state index contributed by atoms with van der Waals surface area (Å²) in [5.74, 6) is -0.639. The Bertz CT molecular complexity index is 1100. The van der Waals surface area contributed by atoms with Gasteiger partial charge in [-0.3, -0.25) is 14.4 Å². The number of benzene rings is 1. The molecule has 9 nitrogen and oxygen atoms in total. The third-order valence-electron chi connectivity index (χ3n) is 5.18. The minimum absolute atomic E-state index is 0.0843. The van der Waals surface area contributed by atoms with Crippen LogP contribution in [0.25, 0.3) is 0 Å². The zero-order valence-electron chi connectivity index (χ0n) is 21.6. The first kappa shape index (κ1) is 29.9. The number of carbonyl (C=O) groups excluding carboxylic acids is 3. The van der Waals surface area contributed by atoms with E-state index in [-0.39, 0.29) is 24.7 Å². The molecule has 2 aromatic rings. The van der Waals surface area contributed by atoms with Gasteiger partial charge in [0.1, 0.15) is 12.2 Å². The van der Waals surface area contributed by atoms with E-state index < -0.39 is 23.5 Å². The fourth-order valence-electron chi connectivity index (χ4n) is 3.19. The highest BCUT2D eigenvalue weighted by molar-refractivity contribution is 7.97. The molecule has 0 aliphatic rings. The second-order valence-electron chi connectivity index (χ2n) is 8.69. The van der Waals surface area contributed by atoms with Crippen molar-refractivity contribution in [3.05, 3.63) is 71.2 Å². The van der Waals surface area contributed by atoms with E-state index in [4.69, 9.17) is 4.74 Å². The van der Waals surface area contributed by atoms with Gasteiger partial charge in [-0.25, -0.2) is 9.52 Å². The van der Waals surface area contributed by atoms with E-state index in [1.807, 2.05) is 30.3 Å². The summed E-state index contributed by atoms with van der Waals surface area (Å²) in [6.07, 6.45) is 6.17. The van der Waals surface area contributed by atoms with Gasteiger partial charge in [-0.2, -0.15) is 0 Å². The first-order chi connectivity index (χ1) is 17.8. The number of aromatic nitrogens is 1. The molecule has 2 rings (SSSR count). The molecule has 0 fully saturated rings. The van der Waals surface area contributed by atoms with Crippen molar-refractivity contribution in [2.75, 3.05) is 18.5 Å². The molecule has 10 heteroatoms. The average molecular weight is 529 g/mol. The predicted octanol–water partition coefficient (Wildman–Crippen LogP) is 3.51. The summed E-state index contributed by atoms with van der Waals surface area (Å²) in [6.45, 7) is 6.56. The molecule has 0 aliphatic heterocycles. The molecule has 0 radical (unpaired) electrons. The minimum atomic E-state index is -0.663.